The van der Waals surface area contributed by atoms with E-state index in [1.807, 2.05) is 81.4 Å². The minimum Gasteiger partial charge on any atom is -0.497 e. The highest BCUT2D eigenvalue weighted by Gasteiger charge is 2.19. The lowest BCUT2D eigenvalue weighted by molar-refractivity contribution is 0.297. The summed E-state index contributed by atoms with van der Waals surface area (Å²) in [5, 5.41) is 0.523. The van der Waals surface area contributed by atoms with Crippen molar-refractivity contribution < 1.29 is 13.9 Å². The molecule has 0 fully saturated rings. The smallest absolute Gasteiger partial charge is 0.235 e. The van der Waals surface area contributed by atoms with Gasteiger partial charge in [0.2, 0.25) is 11.2 Å². The van der Waals surface area contributed by atoms with Gasteiger partial charge in [0.05, 0.1) is 12.5 Å². The normalized spacial score (nSPS) is 10.9. The zero-order chi connectivity index (χ0) is 21.3. The second-order valence-electron chi connectivity index (χ2n) is 7.47. The van der Waals surface area contributed by atoms with E-state index in [2.05, 4.69) is 0 Å². The minimum atomic E-state index is -0.168. The first-order valence-corrected chi connectivity index (χ1v) is 9.87. The van der Waals surface area contributed by atoms with E-state index < -0.39 is 0 Å². The third kappa shape index (κ3) is 3.69. The van der Waals surface area contributed by atoms with Gasteiger partial charge < -0.3 is 13.9 Å². The van der Waals surface area contributed by atoms with E-state index in [1.54, 1.807) is 7.11 Å². The van der Waals surface area contributed by atoms with Gasteiger partial charge in [-0.05, 0) is 79.4 Å². The molecule has 0 aliphatic heterocycles. The molecule has 0 N–H and O–H groups in total. The van der Waals surface area contributed by atoms with Crippen LogP contribution in [0.1, 0.15) is 22.3 Å². The second kappa shape index (κ2) is 8.07. The van der Waals surface area contributed by atoms with Crippen LogP contribution < -0.4 is 14.9 Å². The Hall–Kier alpha value is -3.53. The fourth-order valence-corrected chi connectivity index (χ4v) is 3.42. The van der Waals surface area contributed by atoms with Crippen molar-refractivity contribution in [1.29, 1.82) is 0 Å². The number of hydrogen-bond donors (Lipinski definition) is 0. The summed E-state index contributed by atoms with van der Waals surface area (Å²) in [4.78, 5) is 13.4. The number of hydrogen-bond acceptors (Lipinski definition) is 4. The number of rotatable bonds is 5. The van der Waals surface area contributed by atoms with Gasteiger partial charge in [-0.3, -0.25) is 4.79 Å². The average Bonchev–Trinajstić information content (AvgIpc) is 2.75. The quantitative estimate of drug-likeness (QED) is 0.414. The lowest BCUT2D eigenvalue weighted by Gasteiger charge is -2.14. The number of ether oxygens (including phenoxy) is 2. The molecule has 152 valence electrons. The van der Waals surface area contributed by atoms with Gasteiger partial charge in [-0.25, -0.2) is 0 Å². The van der Waals surface area contributed by atoms with Crippen LogP contribution in [0.4, 0.5) is 0 Å². The Morgan fingerprint density at radius 3 is 2.27 bits per heavy atom. The van der Waals surface area contributed by atoms with Gasteiger partial charge in [-0.2, -0.15) is 0 Å². The third-order valence-corrected chi connectivity index (χ3v) is 5.45. The monoisotopic (exact) mass is 400 g/mol. The molecule has 0 atom stereocenters. The van der Waals surface area contributed by atoms with E-state index in [1.165, 1.54) is 0 Å². The van der Waals surface area contributed by atoms with E-state index >= 15 is 0 Å². The molecule has 3 aromatic carbocycles. The van der Waals surface area contributed by atoms with Crippen molar-refractivity contribution in [3.8, 4) is 22.8 Å². The Kier molecular flexibility index (Phi) is 5.32. The SMILES string of the molecule is COc1ccc(-c2oc3cc(C)c(C)cc3c(=O)c2OCc2ccccc2C)cc1. The maximum absolute atomic E-state index is 13.4. The molecule has 30 heavy (non-hydrogen) atoms. The molecule has 0 aliphatic carbocycles. The highest BCUT2D eigenvalue weighted by molar-refractivity contribution is 5.83. The zero-order valence-corrected chi connectivity index (χ0v) is 17.6. The van der Waals surface area contributed by atoms with E-state index in [9.17, 15) is 4.79 Å². The molecular formula is C26H24O4. The Labute approximate surface area is 175 Å². The molecule has 0 spiro atoms. The second-order valence-corrected chi connectivity index (χ2v) is 7.47. The summed E-state index contributed by atoms with van der Waals surface area (Å²) in [6.45, 7) is 6.30. The number of benzene rings is 3. The molecule has 4 aromatic rings. The summed E-state index contributed by atoms with van der Waals surface area (Å²) in [7, 11) is 1.62. The van der Waals surface area contributed by atoms with Gasteiger partial charge in [0.1, 0.15) is 17.9 Å². The van der Waals surface area contributed by atoms with Crippen molar-refractivity contribution in [2.45, 2.75) is 27.4 Å². The van der Waals surface area contributed by atoms with Crippen molar-refractivity contribution in [3.63, 3.8) is 0 Å². The number of fused-ring (bicyclic) bond motifs is 1. The molecule has 0 saturated heterocycles. The van der Waals surface area contributed by atoms with Crippen LogP contribution in [0.15, 0.2) is 69.9 Å². The molecule has 0 saturated carbocycles. The summed E-state index contributed by atoms with van der Waals surface area (Å²) >= 11 is 0. The Morgan fingerprint density at radius 1 is 0.867 bits per heavy atom. The van der Waals surface area contributed by atoms with Gasteiger partial charge in [0.25, 0.3) is 0 Å². The number of aryl methyl sites for hydroxylation is 3. The van der Waals surface area contributed by atoms with Crippen molar-refractivity contribution in [2.24, 2.45) is 0 Å². The highest BCUT2D eigenvalue weighted by Crippen LogP contribution is 2.33. The Morgan fingerprint density at radius 2 is 1.57 bits per heavy atom. The average molecular weight is 400 g/mol. The summed E-state index contributed by atoms with van der Waals surface area (Å²) in [5.41, 5.74) is 5.39. The van der Waals surface area contributed by atoms with Crippen LogP contribution in [0, 0.1) is 20.8 Å². The van der Waals surface area contributed by atoms with Gasteiger partial charge >= 0.3 is 0 Å². The zero-order valence-electron chi connectivity index (χ0n) is 17.6. The first-order chi connectivity index (χ1) is 14.5. The van der Waals surface area contributed by atoms with Crippen LogP contribution in [-0.4, -0.2) is 7.11 Å². The van der Waals surface area contributed by atoms with Gasteiger partial charge in [-0.15, -0.1) is 0 Å². The standard InChI is InChI=1S/C26H24O4/c1-16-7-5-6-8-20(16)15-29-26-24(27)22-13-17(2)18(3)14-23(22)30-25(26)19-9-11-21(28-4)12-10-19/h5-14H,15H2,1-4H3. The largest absolute Gasteiger partial charge is 0.497 e. The number of methoxy groups -OCH3 is 1. The maximum atomic E-state index is 13.4. The van der Waals surface area contributed by atoms with E-state index in [0.717, 1.165) is 33.6 Å². The molecule has 0 unspecified atom stereocenters. The fraction of sp³-hybridized carbons (Fsp3) is 0.192. The third-order valence-electron chi connectivity index (χ3n) is 5.45. The molecular weight excluding hydrogens is 376 g/mol. The lowest BCUT2D eigenvalue weighted by Crippen LogP contribution is -2.11. The van der Waals surface area contributed by atoms with E-state index in [4.69, 9.17) is 13.9 Å². The summed E-state index contributed by atoms with van der Waals surface area (Å²) in [5.74, 6) is 1.38. The van der Waals surface area contributed by atoms with E-state index in [0.29, 0.717) is 16.7 Å². The predicted molar refractivity (Wildman–Crippen MR) is 119 cm³/mol. The summed E-state index contributed by atoms with van der Waals surface area (Å²) in [6.07, 6.45) is 0. The van der Waals surface area contributed by atoms with Crippen LogP contribution in [-0.2, 0) is 6.61 Å². The van der Waals surface area contributed by atoms with Crippen molar-refractivity contribution in [1.82, 2.24) is 0 Å². The topological polar surface area (TPSA) is 48.7 Å². The van der Waals surface area contributed by atoms with Crippen molar-refractivity contribution in [2.75, 3.05) is 7.11 Å². The Bertz CT molecular complexity index is 1270. The van der Waals surface area contributed by atoms with Gasteiger partial charge in [0.15, 0.2) is 5.76 Å². The molecule has 0 aliphatic rings. The van der Waals surface area contributed by atoms with Gasteiger partial charge in [-0.1, -0.05) is 24.3 Å². The Balaban J connectivity index is 1.88. The molecule has 4 nitrogen and oxygen atoms in total. The minimum absolute atomic E-state index is 0.168. The molecule has 1 heterocycles. The van der Waals surface area contributed by atoms with Gasteiger partial charge in [0, 0.05) is 5.56 Å². The molecule has 4 rings (SSSR count). The van der Waals surface area contributed by atoms with Crippen LogP contribution in [0.5, 0.6) is 11.5 Å². The maximum Gasteiger partial charge on any atom is 0.235 e. The van der Waals surface area contributed by atoms with Crippen LogP contribution in [0.3, 0.4) is 0 Å². The molecule has 1 aromatic heterocycles. The van der Waals surface area contributed by atoms with Crippen molar-refractivity contribution in [3.05, 3.63) is 93.1 Å². The van der Waals surface area contributed by atoms with E-state index in [-0.39, 0.29) is 17.8 Å². The highest BCUT2D eigenvalue weighted by atomic mass is 16.5. The van der Waals surface area contributed by atoms with Crippen molar-refractivity contribution >= 4 is 11.0 Å². The fourth-order valence-electron chi connectivity index (χ4n) is 3.42. The molecule has 0 radical (unpaired) electrons. The lowest BCUT2D eigenvalue weighted by atomic mass is 10.0. The summed E-state index contributed by atoms with van der Waals surface area (Å²) in [6, 6.07) is 19.2. The van der Waals surface area contributed by atoms with Crippen LogP contribution >= 0.6 is 0 Å². The molecule has 0 bridgehead atoms. The first-order valence-electron chi connectivity index (χ1n) is 9.87. The summed E-state index contributed by atoms with van der Waals surface area (Å²) < 4.78 is 17.6. The van der Waals surface area contributed by atoms with Crippen LogP contribution in [0.25, 0.3) is 22.3 Å². The predicted octanol–water partition coefficient (Wildman–Crippen LogP) is 5.97. The molecule has 4 heteroatoms. The molecule has 0 amide bonds. The van der Waals surface area contributed by atoms with Crippen LogP contribution in [0.2, 0.25) is 0 Å². The first kappa shape index (κ1) is 19.8.